The first-order valence-electron chi connectivity index (χ1n) is 9.73. The monoisotopic (exact) mass is 452 g/mol. The van der Waals surface area contributed by atoms with Crippen LogP contribution in [0.25, 0.3) is 10.4 Å². The van der Waals surface area contributed by atoms with Gasteiger partial charge in [-0.1, -0.05) is 37.3 Å². The zero-order chi connectivity index (χ0) is 23.0. The summed E-state index contributed by atoms with van der Waals surface area (Å²) in [6.07, 6.45) is -0.711. The number of aryl methyl sites for hydroxylation is 1. The number of hydrogen-bond donors (Lipinski definition) is 3. The number of alkyl halides is 3. The highest BCUT2D eigenvalue weighted by Gasteiger charge is 2.33. The molecule has 0 radical (unpaired) electrons. The number of hydrogen-bond acceptors (Lipinski definition) is 5. The van der Waals surface area contributed by atoms with E-state index in [0.29, 0.717) is 41.3 Å². The van der Waals surface area contributed by atoms with Crippen molar-refractivity contribution in [1.82, 2.24) is 4.98 Å². The van der Waals surface area contributed by atoms with Gasteiger partial charge >= 0.3 is 6.18 Å². The van der Waals surface area contributed by atoms with E-state index in [0.717, 1.165) is 22.6 Å². The van der Waals surface area contributed by atoms with Crippen LogP contribution in [0.15, 0.2) is 42.6 Å². The molecule has 166 valence electrons. The minimum absolute atomic E-state index is 0.445. The van der Waals surface area contributed by atoms with Gasteiger partial charge in [0.05, 0.1) is 10.4 Å². The van der Waals surface area contributed by atoms with Gasteiger partial charge in [0.2, 0.25) is 0 Å². The third-order valence-electron chi connectivity index (χ3n) is 4.29. The summed E-state index contributed by atoms with van der Waals surface area (Å²) in [7, 11) is 0. The number of halogens is 4. The summed E-state index contributed by atoms with van der Waals surface area (Å²) in [6, 6.07) is 8.44. The molecule has 3 rings (SSSR count). The average molecular weight is 453 g/mol. The maximum absolute atomic E-state index is 13.6. The zero-order valence-corrected chi connectivity index (χ0v) is 18.0. The summed E-state index contributed by atoms with van der Waals surface area (Å²) < 4.78 is 51.4. The SMILES string of the molecule is CC.N=Cc1cc(-c2cnc(NCCCc3ccc(C(F)(F)F)c(F)c3)s2)ccc1N. The van der Waals surface area contributed by atoms with Crippen molar-refractivity contribution in [2.75, 3.05) is 17.6 Å². The van der Waals surface area contributed by atoms with Crippen LogP contribution < -0.4 is 11.1 Å². The number of nitrogens with zero attached hydrogens (tertiary/aromatic N) is 1. The molecular formula is C22H24F4N4S. The fourth-order valence-corrected chi connectivity index (χ4v) is 3.61. The molecule has 1 heterocycles. The number of nitrogens with one attached hydrogen (secondary N) is 2. The highest BCUT2D eigenvalue weighted by Crippen LogP contribution is 2.32. The first-order chi connectivity index (χ1) is 14.8. The fraction of sp³-hybridized carbons (Fsp3) is 0.273. The topological polar surface area (TPSA) is 74.8 Å². The van der Waals surface area contributed by atoms with Crippen molar-refractivity contribution in [2.24, 2.45) is 0 Å². The van der Waals surface area contributed by atoms with Gasteiger partial charge in [0, 0.05) is 30.2 Å². The van der Waals surface area contributed by atoms with Crippen LogP contribution in [0, 0.1) is 11.2 Å². The van der Waals surface area contributed by atoms with Crippen LogP contribution in [-0.2, 0) is 12.6 Å². The van der Waals surface area contributed by atoms with Crippen molar-refractivity contribution in [2.45, 2.75) is 32.9 Å². The van der Waals surface area contributed by atoms with Gasteiger partial charge in [-0.25, -0.2) is 9.37 Å². The third kappa shape index (κ3) is 6.52. The zero-order valence-electron chi connectivity index (χ0n) is 17.2. The van der Waals surface area contributed by atoms with Gasteiger partial charge < -0.3 is 16.5 Å². The normalized spacial score (nSPS) is 10.9. The van der Waals surface area contributed by atoms with E-state index in [-0.39, 0.29) is 0 Å². The van der Waals surface area contributed by atoms with Gasteiger partial charge in [0.15, 0.2) is 5.13 Å². The van der Waals surface area contributed by atoms with E-state index < -0.39 is 17.6 Å². The molecule has 0 aliphatic rings. The summed E-state index contributed by atoms with van der Waals surface area (Å²) in [4.78, 5) is 5.22. The van der Waals surface area contributed by atoms with E-state index in [2.05, 4.69) is 10.3 Å². The van der Waals surface area contributed by atoms with Gasteiger partial charge in [0.1, 0.15) is 5.82 Å². The third-order valence-corrected chi connectivity index (χ3v) is 5.29. The summed E-state index contributed by atoms with van der Waals surface area (Å²) in [5, 5.41) is 11.2. The molecule has 4 nitrogen and oxygen atoms in total. The Balaban J connectivity index is 0.00000166. The number of nitrogen functional groups attached to an aromatic ring is 1. The molecule has 3 aromatic rings. The quantitative estimate of drug-likeness (QED) is 0.163. The largest absolute Gasteiger partial charge is 0.419 e. The molecule has 1 aromatic heterocycles. The molecular weight excluding hydrogens is 428 g/mol. The minimum atomic E-state index is -4.68. The summed E-state index contributed by atoms with van der Waals surface area (Å²) in [5.41, 5.74) is 7.13. The molecule has 0 fully saturated rings. The van der Waals surface area contributed by atoms with Crippen LogP contribution >= 0.6 is 11.3 Å². The highest BCUT2D eigenvalue weighted by atomic mass is 32.1. The van der Waals surface area contributed by atoms with Gasteiger partial charge in [0.25, 0.3) is 0 Å². The molecule has 0 saturated carbocycles. The lowest BCUT2D eigenvalue weighted by atomic mass is 10.1. The standard InChI is InChI=1S/C20H18F4N4S.C2H6/c21-16-8-12(3-5-15(16)20(22,23)24)2-1-7-27-19-28-11-18(29-19)13-4-6-17(26)14(9-13)10-25;1-2/h3-6,8-11,25H,1-2,7,26H2,(H,27,28);1-2H3. The van der Waals surface area contributed by atoms with Gasteiger partial charge in [-0.2, -0.15) is 13.2 Å². The second-order valence-electron chi connectivity index (χ2n) is 6.36. The number of rotatable bonds is 7. The van der Waals surface area contributed by atoms with E-state index in [1.165, 1.54) is 23.6 Å². The number of anilines is 2. The molecule has 4 N–H and O–H groups in total. The average Bonchev–Trinajstić information content (AvgIpc) is 3.21. The molecule has 0 saturated heterocycles. The van der Waals surface area contributed by atoms with E-state index >= 15 is 0 Å². The van der Waals surface area contributed by atoms with Crippen molar-refractivity contribution in [3.63, 3.8) is 0 Å². The fourth-order valence-electron chi connectivity index (χ4n) is 2.77. The second kappa shape index (κ2) is 10.9. The molecule has 0 atom stereocenters. The summed E-state index contributed by atoms with van der Waals surface area (Å²) in [5.74, 6) is -1.25. The molecule has 2 aromatic carbocycles. The molecule has 0 bridgehead atoms. The second-order valence-corrected chi connectivity index (χ2v) is 7.39. The molecule has 0 aliphatic carbocycles. The Morgan fingerprint density at radius 1 is 1.16 bits per heavy atom. The van der Waals surface area contributed by atoms with Gasteiger partial charge in [-0.05, 0) is 48.2 Å². The number of benzene rings is 2. The van der Waals surface area contributed by atoms with Crippen molar-refractivity contribution in [1.29, 1.82) is 5.41 Å². The van der Waals surface area contributed by atoms with Crippen LogP contribution in [0.1, 0.15) is 37.0 Å². The van der Waals surface area contributed by atoms with Crippen molar-refractivity contribution < 1.29 is 17.6 Å². The summed E-state index contributed by atoms with van der Waals surface area (Å²) in [6.45, 7) is 4.54. The maximum atomic E-state index is 13.6. The molecule has 0 spiro atoms. The maximum Gasteiger partial charge on any atom is 0.419 e. The van der Waals surface area contributed by atoms with Crippen molar-refractivity contribution in [3.05, 3.63) is 65.1 Å². The first-order valence-corrected chi connectivity index (χ1v) is 10.6. The molecule has 0 aliphatic heterocycles. The molecule has 31 heavy (non-hydrogen) atoms. The van der Waals surface area contributed by atoms with Crippen LogP contribution in [0.2, 0.25) is 0 Å². The Labute approximate surface area is 182 Å². The summed E-state index contributed by atoms with van der Waals surface area (Å²) >= 11 is 1.44. The van der Waals surface area contributed by atoms with Gasteiger partial charge in [-0.3, -0.25) is 0 Å². The van der Waals surface area contributed by atoms with E-state index in [1.54, 1.807) is 12.3 Å². The smallest absolute Gasteiger partial charge is 0.398 e. The Hall–Kier alpha value is -2.94. The predicted octanol–water partition coefficient (Wildman–Crippen LogP) is 6.62. The lowest BCUT2D eigenvalue weighted by molar-refractivity contribution is -0.140. The lowest BCUT2D eigenvalue weighted by Gasteiger charge is -2.09. The van der Waals surface area contributed by atoms with E-state index in [4.69, 9.17) is 11.1 Å². The van der Waals surface area contributed by atoms with Crippen LogP contribution in [0.3, 0.4) is 0 Å². The van der Waals surface area contributed by atoms with Crippen LogP contribution in [0.4, 0.5) is 28.4 Å². The number of nitrogens with two attached hydrogens (primary N) is 1. The Kier molecular flexibility index (Phi) is 8.56. The van der Waals surface area contributed by atoms with Crippen molar-refractivity contribution in [3.8, 4) is 10.4 Å². The lowest BCUT2D eigenvalue weighted by Crippen LogP contribution is -2.08. The first kappa shape index (κ1) is 24.3. The van der Waals surface area contributed by atoms with Crippen LogP contribution in [-0.4, -0.2) is 17.7 Å². The van der Waals surface area contributed by atoms with E-state index in [1.807, 2.05) is 26.0 Å². The number of thiazole rings is 1. The van der Waals surface area contributed by atoms with Crippen molar-refractivity contribution >= 4 is 28.4 Å². The van der Waals surface area contributed by atoms with Crippen LogP contribution in [0.5, 0.6) is 0 Å². The molecule has 0 unspecified atom stereocenters. The Bertz CT molecular complexity index is 1010. The minimum Gasteiger partial charge on any atom is -0.398 e. The predicted molar refractivity (Wildman–Crippen MR) is 119 cm³/mol. The molecule has 9 heteroatoms. The molecule has 0 amide bonds. The van der Waals surface area contributed by atoms with Gasteiger partial charge in [-0.15, -0.1) is 0 Å². The Morgan fingerprint density at radius 2 is 1.90 bits per heavy atom. The van der Waals surface area contributed by atoms with E-state index in [9.17, 15) is 17.6 Å². The number of aromatic nitrogens is 1. The Morgan fingerprint density at radius 3 is 2.55 bits per heavy atom. The highest BCUT2D eigenvalue weighted by molar-refractivity contribution is 7.18.